The van der Waals surface area contributed by atoms with Crippen LogP contribution in [0.25, 0.3) is 16.9 Å². The predicted octanol–water partition coefficient (Wildman–Crippen LogP) is 4.75. The van der Waals surface area contributed by atoms with Gasteiger partial charge >= 0.3 is 5.97 Å². The molecule has 0 saturated carbocycles. The fraction of sp³-hybridized carbons (Fsp3) is 0.292. The van der Waals surface area contributed by atoms with Crippen molar-refractivity contribution in [2.24, 2.45) is 5.92 Å². The number of carbonyl (C=O) groups excluding carboxylic acids is 2. The highest BCUT2D eigenvalue weighted by molar-refractivity contribution is 6.33. The van der Waals surface area contributed by atoms with Gasteiger partial charge in [-0.15, -0.1) is 0 Å². The van der Waals surface area contributed by atoms with Gasteiger partial charge in [0, 0.05) is 18.7 Å². The van der Waals surface area contributed by atoms with Crippen LogP contribution in [0.4, 0.5) is 4.39 Å². The van der Waals surface area contributed by atoms with Gasteiger partial charge in [-0.3, -0.25) is 9.59 Å². The molecule has 0 spiro atoms. The molecule has 4 rings (SSSR count). The summed E-state index contributed by atoms with van der Waals surface area (Å²) in [5.41, 5.74) is 2.08. The van der Waals surface area contributed by atoms with Crippen molar-refractivity contribution in [3.8, 4) is 16.9 Å². The first-order chi connectivity index (χ1) is 15.5. The van der Waals surface area contributed by atoms with E-state index in [2.05, 4.69) is 5.10 Å². The molecule has 166 valence electrons. The summed E-state index contributed by atoms with van der Waals surface area (Å²) in [7, 11) is 0. The number of likely N-dealkylation sites (tertiary alicyclic amines) is 1. The zero-order valence-corrected chi connectivity index (χ0v) is 18.4. The van der Waals surface area contributed by atoms with Crippen molar-refractivity contribution in [1.82, 2.24) is 14.7 Å². The van der Waals surface area contributed by atoms with E-state index in [0.29, 0.717) is 53.7 Å². The quantitative estimate of drug-likeness (QED) is 0.521. The van der Waals surface area contributed by atoms with E-state index in [1.165, 1.54) is 16.8 Å². The van der Waals surface area contributed by atoms with Crippen LogP contribution in [0.1, 0.15) is 30.3 Å². The first-order valence-corrected chi connectivity index (χ1v) is 10.9. The molecular formula is C24H23ClFN3O3. The maximum Gasteiger partial charge on any atom is 0.310 e. The van der Waals surface area contributed by atoms with Gasteiger partial charge in [0.15, 0.2) is 0 Å². The Morgan fingerprint density at radius 2 is 1.94 bits per heavy atom. The van der Waals surface area contributed by atoms with Crippen molar-refractivity contribution in [3.63, 3.8) is 0 Å². The molecule has 32 heavy (non-hydrogen) atoms. The SMILES string of the molecule is CCOC(=O)C1CCCN(C(=O)c2cc(-c3ccccc3Cl)nn2-c2ccc(F)cc2)C1. The molecule has 2 heterocycles. The minimum absolute atomic E-state index is 0.255. The van der Waals surface area contributed by atoms with E-state index in [9.17, 15) is 14.0 Å². The average molecular weight is 456 g/mol. The average Bonchev–Trinajstić information content (AvgIpc) is 3.25. The van der Waals surface area contributed by atoms with Gasteiger partial charge < -0.3 is 9.64 Å². The number of hydrogen-bond donors (Lipinski definition) is 0. The largest absolute Gasteiger partial charge is 0.466 e. The normalized spacial score (nSPS) is 16.1. The van der Waals surface area contributed by atoms with E-state index in [1.807, 2.05) is 18.2 Å². The lowest BCUT2D eigenvalue weighted by Gasteiger charge is -2.31. The van der Waals surface area contributed by atoms with Gasteiger partial charge in [-0.25, -0.2) is 9.07 Å². The van der Waals surface area contributed by atoms with Crippen molar-refractivity contribution >= 4 is 23.5 Å². The van der Waals surface area contributed by atoms with Gasteiger partial charge in [-0.1, -0.05) is 29.8 Å². The number of piperidine rings is 1. The highest BCUT2D eigenvalue weighted by Gasteiger charge is 2.31. The summed E-state index contributed by atoms with van der Waals surface area (Å²) in [6.45, 7) is 2.89. The molecule has 2 aromatic carbocycles. The third kappa shape index (κ3) is 4.53. The van der Waals surface area contributed by atoms with Crippen LogP contribution in [0.2, 0.25) is 5.02 Å². The third-order valence-electron chi connectivity index (χ3n) is 5.48. The first kappa shape index (κ1) is 22.0. The van der Waals surface area contributed by atoms with Crippen molar-refractivity contribution in [3.05, 3.63) is 71.1 Å². The van der Waals surface area contributed by atoms with E-state index in [0.717, 1.165) is 0 Å². The standard InChI is InChI=1S/C24H23ClFN3O3/c1-2-32-24(31)16-6-5-13-28(15-16)23(30)22-14-21(19-7-3-4-8-20(19)25)27-29(22)18-11-9-17(26)10-12-18/h3-4,7-12,14,16H,2,5-6,13,15H2,1H3. The van der Waals surface area contributed by atoms with Gasteiger partial charge in [0.1, 0.15) is 11.5 Å². The molecule has 6 nitrogen and oxygen atoms in total. The van der Waals surface area contributed by atoms with E-state index in [-0.39, 0.29) is 30.2 Å². The van der Waals surface area contributed by atoms with Crippen molar-refractivity contribution in [2.75, 3.05) is 19.7 Å². The molecular weight excluding hydrogens is 433 g/mol. The number of esters is 1. The fourth-order valence-electron chi connectivity index (χ4n) is 3.89. The molecule has 1 aliphatic rings. The maximum atomic E-state index is 13.5. The number of nitrogens with zero attached hydrogens (tertiary/aromatic N) is 3. The third-order valence-corrected chi connectivity index (χ3v) is 5.81. The molecule has 1 atom stereocenters. The molecule has 0 radical (unpaired) electrons. The Bertz CT molecular complexity index is 1130. The lowest BCUT2D eigenvalue weighted by Crippen LogP contribution is -2.43. The summed E-state index contributed by atoms with van der Waals surface area (Å²) in [6, 6.07) is 14.7. The van der Waals surface area contributed by atoms with Crippen molar-refractivity contribution < 1.29 is 18.7 Å². The molecule has 1 unspecified atom stereocenters. The lowest BCUT2D eigenvalue weighted by atomic mass is 9.98. The zero-order chi connectivity index (χ0) is 22.7. The number of carbonyl (C=O) groups is 2. The van der Waals surface area contributed by atoms with Crippen molar-refractivity contribution in [2.45, 2.75) is 19.8 Å². The first-order valence-electron chi connectivity index (χ1n) is 10.5. The van der Waals surface area contributed by atoms with Crippen LogP contribution in [0, 0.1) is 11.7 Å². The summed E-state index contributed by atoms with van der Waals surface area (Å²) in [6.07, 6.45) is 1.39. The van der Waals surface area contributed by atoms with Crippen LogP contribution in [0.5, 0.6) is 0 Å². The molecule has 1 saturated heterocycles. The fourth-order valence-corrected chi connectivity index (χ4v) is 4.12. The molecule has 1 aliphatic heterocycles. The number of halogens is 2. The smallest absolute Gasteiger partial charge is 0.310 e. The van der Waals surface area contributed by atoms with Gasteiger partial charge in [-0.05, 0) is 56.2 Å². The van der Waals surface area contributed by atoms with Gasteiger partial charge in [0.25, 0.3) is 5.91 Å². The minimum Gasteiger partial charge on any atom is -0.466 e. The predicted molar refractivity (Wildman–Crippen MR) is 119 cm³/mol. The summed E-state index contributed by atoms with van der Waals surface area (Å²) >= 11 is 6.35. The number of amides is 1. The second kappa shape index (κ2) is 9.53. The van der Waals surface area contributed by atoms with Crippen LogP contribution in [0.15, 0.2) is 54.6 Å². The molecule has 0 N–H and O–H groups in total. The molecule has 1 aromatic heterocycles. The molecule has 8 heteroatoms. The number of aromatic nitrogens is 2. The minimum atomic E-state index is -0.381. The van der Waals surface area contributed by atoms with Gasteiger partial charge in [0.05, 0.1) is 28.9 Å². The van der Waals surface area contributed by atoms with Gasteiger partial charge in [-0.2, -0.15) is 5.10 Å². The number of ether oxygens (including phenoxy) is 1. The van der Waals surface area contributed by atoms with Crippen LogP contribution in [-0.2, 0) is 9.53 Å². The summed E-state index contributed by atoms with van der Waals surface area (Å²) in [4.78, 5) is 27.4. The molecule has 1 fully saturated rings. The maximum absolute atomic E-state index is 13.5. The Hall–Kier alpha value is -3.19. The molecule has 3 aromatic rings. The highest BCUT2D eigenvalue weighted by Crippen LogP contribution is 2.29. The summed E-state index contributed by atoms with van der Waals surface area (Å²) < 4.78 is 20.1. The van der Waals surface area contributed by atoms with E-state index < -0.39 is 0 Å². The Kier molecular flexibility index (Phi) is 6.55. The topological polar surface area (TPSA) is 64.4 Å². The molecule has 1 amide bonds. The van der Waals surface area contributed by atoms with Crippen LogP contribution in [-0.4, -0.2) is 46.3 Å². The summed E-state index contributed by atoms with van der Waals surface area (Å²) in [5.74, 6) is -1.27. The van der Waals surface area contributed by atoms with Crippen LogP contribution < -0.4 is 0 Å². The second-order valence-corrected chi connectivity index (χ2v) is 8.03. The highest BCUT2D eigenvalue weighted by atomic mass is 35.5. The molecule has 0 bridgehead atoms. The Labute approximate surface area is 190 Å². The van der Waals surface area contributed by atoms with Crippen LogP contribution >= 0.6 is 11.6 Å². The monoisotopic (exact) mass is 455 g/mol. The number of hydrogen-bond acceptors (Lipinski definition) is 4. The lowest BCUT2D eigenvalue weighted by molar-refractivity contribution is -0.149. The Morgan fingerprint density at radius 3 is 2.66 bits per heavy atom. The van der Waals surface area contributed by atoms with Gasteiger partial charge in [0.2, 0.25) is 0 Å². The van der Waals surface area contributed by atoms with E-state index >= 15 is 0 Å². The van der Waals surface area contributed by atoms with E-state index in [1.54, 1.807) is 36.1 Å². The summed E-state index contributed by atoms with van der Waals surface area (Å²) in [5, 5.41) is 5.12. The number of benzene rings is 2. The van der Waals surface area contributed by atoms with Crippen LogP contribution in [0.3, 0.4) is 0 Å². The zero-order valence-electron chi connectivity index (χ0n) is 17.6. The Morgan fingerprint density at radius 1 is 1.19 bits per heavy atom. The second-order valence-electron chi connectivity index (χ2n) is 7.63. The van der Waals surface area contributed by atoms with Crippen molar-refractivity contribution in [1.29, 1.82) is 0 Å². The van der Waals surface area contributed by atoms with E-state index in [4.69, 9.17) is 16.3 Å². The molecule has 0 aliphatic carbocycles. The Balaban J connectivity index is 1.71. The number of rotatable bonds is 5.